The fourth-order valence-electron chi connectivity index (χ4n) is 19.3. The predicted octanol–water partition coefficient (Wildman–Crippen LogP) is 17.6. The molecule has 0 radical (unpaired) electrons. The minimum Gasteiger partial charge on any atom is -0.482 e. The van der Waals surface area contributed by atoms with Gasteiger partial charge in [0.2, 0.25) is 0 Å². The Morgan fingerprint density at radius 3 is 1.00 bits per heavy atom. The molecular weight excluding hydrogens is 1620 g/mol. The van der Waals surface area contributed by atoms with Gasteiger partial charge in [0.15, 0.2) is 0 Å². The quantitative estimate of drug-likeness (QED) is 0.0563. The summed E-state index contributed by atoms with van der Waals surface area (Å²) in [6.07, 6.45) is 18.4. The third-order valence-electron chi connectivity index (χ3n) is 26.7. The molecule has 4 spiro atoms. The monoisotopic (exact) mass is 1740 g/mol. The van der Waals surface area contributed by atoms with Crippen LogP contribution in [0.5, 0.6) is 28.7 Å². The van der Waals surface area contributed by atoms with Gasteiger partial charge in [-0.1, -0.05) is 60.7 Å². The van der Waals surface area contributed by atoms with E-state index in [1.165, 1.54) is 47.5 Å². The molecule has 6 fully saturated rings. The molecule has 10 aliphatic rings. The van der Waals surface area contributed by atoms with Gasteiger partial charge in [-0.25, -0.2) is 4.39 Å². The lowest BCUT2D eigenvalue weighted by molar-refractivity contribution is -0.0503. The van der Waals surface area contributed by atoms with Crippen molar-refractivity contribution in [2.24, 2.45) is 0 Å². The molecule has 676 valence electrons. The van der Waals surface area contributed by atoms with Crippen molar-refractivity contribution >= 4 is 57.3 Å². The van der Waals surface area contributed by atoms with E-state index in [2.05, 4.69) is 110 Å². The van der Waals surface area contributed by atoms with Gasteiger partial charge in [0.05, 0.1) is 24.3 Å². The number of carbonyl (C=O) groups is 4. The van der Waals surface area contributed by atoms with Crippen molar-refractivity contribution in [3.8, 4) is 28.7 Å². The van der Waals surface area contributed by atoms with E-state index in [1.54, 1.807) is 40.1 Å². The first-order valence-electron chi connectivity index (χ1n) is 46.6. The maximum atomic E-state index is 14.8. The lowest BCUT2D eigenvalue weighted by atomic mass is 9.83. The van der Waals surface area contributed by atoms with Gasteiger partial charge in [-0.3, -0.25) is 19.2 Å². The molecule has 23 heteroatoms. The number of fused-ring (bicyclic) bond motifs is 4. The zero-order valence-corrected chi connectivity index (χ0v) is 75.6. The van der Waals surface area contributed by atoms with Crippen LogP contribution in [0.2, 0.25) is 0 Å². The van der Waals surface area contributed by atoms with E-state index in [4.69, 9.17) is 28.4 Å². The van der Waals surface area contributed by atoms with Crippen LogP contribution in [0.3, 0.4) is 0 Å². The van der Waals surface area contributed by atoms with Gasteiger partial charge in [0.25, 0.3) is 23.6 Å². The summed E-state index contributed by atoms with van der Waals surface area (Å²) in [6, 6.07) is 54.3. The molecule has 0 unspecified atom stereocenters. The van der Waals surface area contributed by atoms with Gasteiger partial charge >= 0.3 is 6.61 Å². The normalized spacial score (nSPS) is 18.2. The molecule has 4 N–H and O–H groups in total. The second-order valence-corrected chi connectivity index (χ2v) is 34.4. The molecule has 0 saturated carbocycles. The van der Waals surface area contributed by atoms with Gasteiger partial charge in [-0.05, 0) is 299 Å². The van der Waals surface area contributed by atoms with E-state index in [9.17, 15) is 32.3 Å². The van der Waals surface area contributed by atoms with E-state index in [0.29, 0.717) is 73.0 Å². The van der Waals surface area contributed by atoms with Crippen LogP contribution in [0.4, 0.5) is 24.5 Å². The number of hydrogen-bond donors (Lipinski definition) is 4. The van der Waals surface area contributed by atoms with Crippen LogP contribution in [0.1, 0.15) is 206 Å². The van der Waals surface area contributed by atoms with Crippen molar-refractivity contribution in [1.82, 2.24) is 40.9 Å². The highest BCUT2D eigenvalue weighted by atomic mass is 19.3. The van der Waals surface area contributed by atoms with Gasteiger partial charge in [0.1, 0.15) is 57.0 Å². The molecule has 128 heavy (non-hydrogen) atoms. The van der Waals surface area contributed by atoms with Crippen LogP contribution >= 0.6 is 0 Å². The number of anilines is 2. The van der Waals surface area contributed by atoms with E-state index >= 15 is 0 Å². The summed E-state index contributed by atoms with van der Waals surface area (Å²) >= 11 is 0. The molecule has 8 aromatic rings. The number of alkyl halides is 2. The van der Waals surface area contributed by atoms with Crippen molar-refractivity contribution in [2.75, 3.05) is 154 Å². The van der Waals surface area contributed by atoms with Gasteiger partial charge in [-0.2, -0.15) is 8.78 Å². The summed E-state index contributed by atoms with van der Waals surface area (Å²) in [6.45, 7) is 31.2. The average molecular weight is 1740 g/mol. The molecule has 10 heterocycles. The number of rotatable bonds is 20. The first kappa shape index (κ1) is 91.5. The molecule has 18 rings (SSSR count). The number of nitrogens with one attached hydrogen (secondary N) is 4. The molecule has 6 saturated heterocycles. The number of morpholine rings is 1. The number of halogens is 3. The summed E-state index contributed by atoms with van der Waals surface area (Å²) in [4.78, 5) is 63.1. The van der Waals surface area contributed by atoms with E-state index in [0.717, 1.165) is 223 Å². The fourth-order valence-corrected chi connectivity index (χ4v) is 19.3. The van der Waals surface area contributed by atoms with Crippen molar-refractivity contribution in [1.29, 1.82) is 0 Å². The molecule has 0 aromatic heterocycles. The molecule has 0 atom stereocenters. The highest BCUT2D eigenvalue weighted by molar-refractivity contribution is 5.99. The number of carbonyl (C=O) groups excluding carboxylic acids is 4. The Kier molecular flexibility index (Phi) is 29.7. The number of amides is 4. The third kappa shape index (κ3) is 20.4. The Morgan fingerprint density at radius 1 is 0.367 bits per heavy atom. The Bertz CT molecular complexity index is 5310. The number of benzene rings is 8. The van der Waals surface area contributed by atoms with Crippen LogP contribution < -0.4 is 54.8 Å². The zero-order chi connectivity index (χ0) is 89.5. The molecule has 4 amide bonds. The van der Waals surface area contributed by atoms with Crippen molar-refractivity contribution in [3.63, 3.8) is 0 Å². The smallest absolute Gasteiger partial charge is 0.387 e. The summed E-state index contributed by atoms with van der Waals surface area (Å²) in [5.41, 5.74) is 15.0. The first-order valence-corrected chi connectivity index (χ1v) is 46.6. The first-order chi connectivity index (χ1) is 62.3. The lowest BCUT2D eigenvalue weighted by Gasteiger charge is -2.40. The zero-order valence-electron chi connectivity index (χ0n) is 75.6. The van der Waals surface area contributed by atoms with Gasteiger partial charge in [-0.15, -0.1) is 0 Å². The molecule has 10 aliphatic heterocycles. The maximum absolute atomic E-state index is 14.8. The minimum atomic E-state index is -2.94. The van der Waals surface area contributed by atoms with Crippen LogP contribution in [-0.2, 0) is 4.74 Å². The predicted molar refractivity (Wildman–Crippen MR) is 502 cm³/mol. The van der Waals surface area contributed by atoms with E-state index in [-0.39, 0.29) is 46.4 Å². The number of nitrogens with zero attached hydrogens (tertiary/aromatic N) is 6. The molecule has 8 aromatic carbocycles. The fraction of sp³-hybridized carbons (Fsp3) is 0.429. The summed E-state index contributed by atoms with van der Waals surface area (Å²) in [5, 5.41) is 13.6. The van der Waals surface area contributed by atoms with E-state index in [1.807, 2.05) is 138 Å². The molecule has 20 nitrogen and oxygen atoms in total. The van der Waals surface area contributed by atoms with Crippen molar-refractivity contribution < 1.29 is 60.8 Å². The average Bonchev–Trinajstić information content (AvgIpc) is 0.783. The number of ether oxygens (including phenoxy) is 6. The minimum absolute atomic E-state index is 0.0175. The van der Waals surface area contributed by atoms with Crippen molar-refractivity contribution in [2.45, 2.75) is 149 Å². The third-order valence-corrected chi connectivity index (χ3v) is 26.7. The largest absolute Gasteiger partial charge is 0.482 e. The molecule has 0 bridgehead atoms. The Labute approximate surface area is 752 Å². The highest BCUT2D eigenvalue weighted by Gasteiger charge is 2.43. The van der Waals surface area contributed by atoms with Crippen LogP contribution in [0.15, 0.2) is 194 Å². The molecular formula is C105H125F3N10O10. The Morgan fingerprint density at radius 2 is 0.664 bits per heavy atom. The topological polar surface area (TPSA) is 191 Å². The highest BCUT2D eigenvalue weighted by Crippen LogP contribution is 2.51. The van der Waals surface area contributed by atoms with Gasteiger partial charge in [0, 0.05) is 175 Å². The number of hydrogen-bond acceptors (Lipinski definition) is 16. The maximum Gasteiger partial charge on any atom is 0.387 e. The van der Waals surface area contributed by atoms with Crippen LogP contribution in [-0.4, -0.2) is 216 Å². The molecule has 0 aliphatic carbocycles. The summed E-state index contributed by atoms with van der Waals surface area (Å²) in [7, 11) is 0. The lowest BCUT2D eigenvalue weighted by Crippen LogP contribution is -2.46. The van der Waals surface area contributed by atoms with E-state index < -0.39 is 17.8 Å². The Hall–Kier alpha value is -11.2. The van der Waals surface area contributed by atoms with Crippen LogP contribution in [0.25, 0.3) is 22.3 Å². The summed E-state index contributed by atoms with van der Waals surface area (Å²) < 4.78 is 77.4. The second-order valence-electron chi connectivity index (χ2n) is 34.4. The number of piperidine rings is 4. The Balaban J connectivity index is 0.000000131. The summed E-state index contributed by atoms with van der Waals surface area (Å²) in [5.74, 6) is 3.00. The standard InChI is InChI=1S/C28H35N3O3.C28H35N3O2.C25H28F2N2O3.C24H27FN2O2/c1-3-30(4-2)27(32)22-7-5-21(6-8-22)25-20-28(11-13-29-14-12-28)34-26-10-9-23(19-24(25)26)31-15-17-33-18-16-31;1-3-30(4-2)27(32)22-9-7-21(8-10-22)25-20-28(13-15-29-16-14-28)33-26-12-11-23(19-24(25)26)31-17-5-6-18-31;1-3-29(4-2)23(30)18-10-8-17(9-11-18)19-16-25(12-14-28-15-13-25)32-21-7-5-6-20(22(19)21)31-24(26)27;1-3-27(4-2)23(28)18-10-8-17(9-11-18)19-16-24(12-14-26-15-13-24)29-21-7-5-6-20(25)22(19)21/h5-10,19-20,29H,3-4,11-18H2,1-2H3;7-12,19-20,29H,3-6,13-18H2,1-2H3;5-11,16,24,28H,3-4,12-15H2,1-2H3;5-11,16,26H,3-4,12-15H2,1-2H3. The van der Waals surface area contributed by atoms with Gasteiger partial charge < -0.3 is 79.1 Å². The van der Waals surface area contributed by atoms with Crippen molar-refractivity contribution in [3.05, 3.63) is 267 Å². The SMILES string of the molecule is CCN(CC)C(=O)c1ccc(C2=CC3(CCNCC3)Oc3ccc(N4CCCC4)cc32)cc1.CCN(CC)C(=O)c1ccc(C2=CC3(CCNCC3)Oc3ccc(N4CCOCC4)cc32)cc1.CCN(CC)C(=O)c1ccc(C2=CC3(CCNCC3)Oc3cccc(F)c32)cc1.CCN(CC)C(=O)c1ccc(C2=CC3(CCNCC3)Oc3cccc(OC(F)F)c32)cc1. The second kappa shape index (κ2) is 41.5. The van der Waals surface area contributed by atoms with Crippen LogP contribution in [0, 0.1) is 5.82 Å².